The number of primary amides is 1. The van der Waals surface area contributed by atoms with E-state index in [2.05, 4.69) is 15.9 Å². The Morgan fingerprint density at radius 3 is 2.53 bits per heavy atom. The van der Waals surface area contributed by atoms with Crippen LogP contribution in [0.4, 0.5) is 0 Å². The molecule has 1 fully saturated rings. The van der Waals surface area contributed by atoms with Crippen molar-refractivity contribution < 1.29 is 9.59 Å². The number of nitrogens with two attached hydrogens (primary N) is 1. The molecule has 86 valence electrons. The zero-order valence-electron chi connectivity index (χ0n) is 8.62. The Morgan fingerprint density at radius 1 is 1.20 bits per heavy atom. The minimum Gasteiger partial charge on any atom is -0.369 e. The molecule has 0 aromatic rings. The summed E-state index contributed by atoms with van der Waals surface area (Å²) in [6.07, 6.45) is 0.895. The molecule has 0 aliphatic carbocycles. The van der Waals surface area contributed by atoms with Gasteiger partial charge in [0, 0.05) is 26.2 Å². The van der Waals surface area contributed by atoms with Gasteiger partial charge in [-0.25, -0.2) is 0 Å². The third-order valence-electron chi connectivity index (χ3n) is 2.43. The van der Waals surface area contributed by atoms with Crippen molar-refractivity contribution in [2.75, 3.05) is 38.1 Å². The molecule has 0 aromatic carbocycles. The van der Waals surface area contributed by atoms with E-state index in [4.69, 9.17) is 5.73 Å². The molecule has 2 N–H and O–H groups in total. The number of nitrogens with zero attached hydrogens (tertiary/aromatic N) is 2. The zero-order chi connectivity index (χ0) is 11.3. The second-order valence-corrected chi connectivity index (χ2v) is 4.17. The average molecular weight is 278 g/mol. The highest BCUT2D eigenvalue weighted by Crippen LogP contribution is 2.04. The summed E-state index contributed by atoms with van der Waals surface area (Å²) >= 11 is 3.15. The van der Waals surface area contributed by atoms with Crippen molar-refractivity contribution in [2.45, 2.75) is 6.42 Å². The van der Waals surface area contributed by atoms with Gasteiger partial charge in [0.15, 0.2) is 0 Å². The molecule has 1 aliphatic heterocycles. The van der Waals surface area contributed by atoms with Gasteiger partial charge in [0.1, 0.15) is 0 Å². The van der Waals surface area contributed by atoms with Crippen molar-refractivity contribution in [3.8, 4) is 0 Å². The molecule has 0 bridgehead atoms. The van der Waals surface area contributed by atoms with Crippen LogP contribution in [0, 0.1) is 0 Å². The van der Waals surface area contributed by atoms with Crippen molar-refractivity contribution >= 4 is 27.7 Å². The molecule has 0 unspecified atom stereocenters. The summed E-state index contributed by atoms with van der Waals surface area (Å²) in [7, 11) is 0. The van der Waals surface area contributed by atoms with Gasteiger partial charge in [-0.1, -0.05) is 15.9 Å². The molecule has 0 spiro atoms. The van der Waals surface area contributed by atoms with E-state index in [1.807, 2.05) is 9.80 Å². The normalized spacial score (nSPS) is 18.6. The quantitative estimate of drug-likeness (QED) is 0.701. The Balaban J connectivity index is 2.41. The summed E-state index contributed by atoms with van der Waals surface area (Å²) < 4.78 is 0. The standard InChI is InChI=1S/C9H16BrN3O2/c10-6-9(15)13-3-1-2-12(4-5-13)7-8(11)14/h1-7H2,(H2,11,14). The molecule has 1 aliphatic rings. The van der Waals surface area contributed by atoms with Crippen LogP contribution < -0.4 is 5.73 Å². The molecule has 0 radical (unpaired) electrons. The van der Waals surface area contributed by atoms with Crippen molar-refractivity contribution in [3.63, 3.8) is 0 Å². The Morgan fingerprint density at radius 2 is 1.93 bits per heavy atom. The Bertz CT molecular complexity index is 248. The molecule has 0 saturated carbocycles. The lowest BCUT2D eigenvalue weighted by atomic mass is 10.4. The second-order valence-electron chi connectivity index (χ2n) is 3.61. The van der Waals surface area contributed by atoms with Gasteiger partial charge in [0.25, 0.3) is 0 Å². The van der Waals surface area contributed by atoms with Gasteiger partial charge in [-0.15, -0.1) is 0 Å². The monoisotopic (exact) mass is 277 g/mol. The molecule has 15 heavy (non-hydrogen) atoms. The van der Waals surface area contributed by atoms with Crippen LogP contribution in [0.1, 0.15) is 6.42 Å². The smallest absolute Gasteiger partial charge is 0.233 e. The third kappa shape index (κ3) is 4.17. The number of carbonyl (C=O) groups is 2. The predicted molar refractivity (Wildman–Crippen MR) is 60.6 cm³/mol. The highest BCUT2D eigenvalue weighted by atomic mass is 79.9. The molecule has 1 rings (SSSR count). The molecule has 5 nitrogen and oxygen atoms in total. The first-order chi connectivity index (χ1) is 7.13. The fourth-order valence-electron chi connectivity index (χ4n) is 1.68. The van der Waals surface area contributed by atoms with E-state index in [-0.39, 0.29) is 18.4 Å². The first kappa shape index (κ1) is 12.4. The van der Waals surface area contributed by atoms with Crippen LogP contribution in [0.3, 0.4) is 0 Å². The molecular formula is C9H16BrN3O2. The van der Waals surface area contributed by atoms with E-state index in [1.165, 1.54) is 0 Å². The molecule has 6 heteroatoms. The fraction of sp³-hybridized carbons (Fsp3) is 0.778. The first-order valence-electron chi connectivity index (χ1n) is 4.98. The summed E-state index contributed by atoms with van der Waals surface area (Å²) in [5.41, 5.74) is 5.13. The van der Waals surface area contributed by atoms with Crippen LogP contribution in [0.5, 0.6) is 0 Å². The number of alkyl halides is 1. The Hall–Kier alpha value is -0.620. The van der Waals surface area contributed by atoms with E-state index < -0.39 is 0 Å². The lowest BCUT2D eigenvalue weighted by molar-refractivity contribution is -0.128. The molecular weight excluding hydrogens is 262 g/mol. The molecule has 1 heterocycles. The van der Waals surface area contributed by atoms with Crippen molar-refractivity contribution in [1.29, 1.82) is 0 Å². The zero-order valence-corrected chi connectivity index (χ0v) is 10.2. The average Bonchev–Trinajstić information content (AvgIpc) is 2.41. The fourth-order valence-corrected chi connectivity index (χ4v) is 2.04. The van der Waals surface area contributed by atoms with E-state index >= 15 is 0 Å². The number of hydrogen-bond acceptors (Lipinski definition) is 3. The predicted octanol–water partition coefficient (Wildman–Crippen LogP) is -0.599. The topological polar surface area (TPSA) is 66.6 Å². The molecule has 0 atom stereocenters. The van der Waals surface area contributed by atoms with E-state index in [1.54, 1.807) is 0 Å². The van der Waals surface area contributed by atoms with Crippen molar-refractivity contribution in [1.82, 2.24) is 9.80 Å². The van der Waals surface area contributed by atoms with E-state index in [0.29, 0.717) is 11.9 Å². The first-order valence-corrected chi connectivity index (χ1v) is 6.10. The van der Waals surface area contributed by atoms with Crippen molar-refractivity contribution in [2.24, 2.45) is 5.73 Å². The van der Waals surface area contributed by atoms with E-state index in [9.17, 15) is 9.59 Å². The number of rotatable bonds is 3. The molecule has 0 aromatic heterocycles. The third-order valence-corrected chi connectivity index (χ3v) is 2.91. The minimum atomic E-state index is -0.310. The maximum atomic E-state index is 11.4. The highest BCUT2D eigenvalue weighted by Gasteiger charge is 2.18. The molecule has 2 amide bonds. The van der Waals surface area contributed by atoms with Gasteiger partial charge in [0.2, 0.25) is 11.8 Å². The highest BCUT2D eigenvalue weighted by molar-refractivity contribution is 9.09. The van der Waals surface area contributed by atoms with Gasteiger partial charge in [-0.2, -0.15) is 0 Å². The van der Waals surface area contributed by atoms with Gasteiger partial charge < -0.3 is 10.6 Å². The van der Waals surface area contributed by atoms with Crippen LogP contribution in [0.2, 0.25) is 0 Å². The summed E-state index contributed by atoms with van der Waals surface area (Å²) in [5, 5.41) is 0.364. The summed E-state index contributed by atoms with van der Waals surface area (Å²) in [4.78, 5) is 26.0. The van der Waals surface area contributed by atoms with Crippen LogP contribution in [0.15, 0.2) is 0 Å². The van der Waals surface area contributed by atoms with Crippen LogP contribution in [-0.2, 0) is 9.59 Å². The van der Waals surface area contributed by atoms with Gasteiger partial charge in [0.05, 0.1) is 11.9 Å². The van der Waals surface area contributed by atoms with Gasteiger partial charge >= 0.3 is 0 Å². The SMILES string of the molecule is NC(=O)CN1CCCN(C(=O)CBr)CC1. The number of amides is 2. The summed E-state index contributed by atoms with van der Waals surface area (Å²) in [6.45, 7) is 3.28. The van der Waals surface area contributed by atoms with Gasteiger partial charge in [-0.05, 0) is 6.42 Å². The second kappa shape index (κ2) is 6.07. The maximum absolute atomic E-state index is 11.4. The largest absolute Gasteiger partial charge is 0.369 e. The Labute approximate surface area is 97.7 Å². The van der Waals surface area contributed by atoms with E-state index in [0.717, 1.165) is 26.1 Å². The lowest BCUT2D eigenvalue weighted by Crippen LogP contribution is -2.38. The number of carbonyl (C=O) groups excluding carboxylic acids is 2. The number of halogens is 1. The maximum Gasteiger partial charge on any atom is 0.233 e. The number of hydrogen-bond donors (Lipinski definition) is 1. The summed E-state index contributed by atoms with van der Waals surface area (Å²) in [5.74, 6) is -0.203. The van der Waals surface area contributed by atoms with Gasteiger partial charge in [-0.3, -0.25) is 14.5 Å². The lowest BCUT2D eigenvalue weighted by Gasteiger charge is -2.20. The van der Waals surface area contributed by atoms with Crippen molar-refractivity contribution in [3.05, 3.63) is 0 Å². The van der Waals surface area contributed by atoms with Crippen LogP contribution >= 0.6 is 15.9 Å². The minimum absolute atomic E-state index is 0.107. The summed E-state index contributed by atoms with van der Waals surface area (Å²) in [6, 6.07) is 0. The van der Waals surface area contributed by atoms with Crippen LogP contribution in [0.25, 0.3) is 0 Å². The molecule has 1 saturated heterocycles. The Kier molecular flexibility index (Phi) is 5.04. The van der Waals surface area contributed by atoms with Crippen LogP contribution in [-0.4, -0.2) is 59.7 Å².